The van der Waals surface area contributed by atoms with E-state index in [0.29, 0.717) is 6.42 Å². The molecule has 0 aliphatic heterocycles. The number of carboxylic acid groups (broad SMARTS) is 1. The number of carboxylic acids is 1. The number of hydrogen-bond acceptors (Lipinski definition) is 2. The molecule has 102 valence electrons. The van der Waals surface area contributed by atoms with Gasteiger partial charge < -0.3 is 10.1 Å². The highest BCUT2D eigenvalue weighted by molar-refractivity contribution is 5.77. The van der Waals surface area contributed by atoms with Crippen LogP contribution in [-0.2, 0) is 11.2 Å². The van der Waals surface area contributed by atoms with E-state index < -0.39 is 11.4 Å². The number of nitrogens with one attached hydrogen (secondary N) is 1. The molecule has 0 bridgehead atoms. The Hall–Kier alpha value is -1.84. The van der Waals surface area contributed by atoms with Crippen LogP contribution in [0.1, 0.15) is 32.2 Å². The van der Waals surface area contributed by atoms with Crippen molar-refractivity contribution in [3.63, 3.8) is 0 Å². The molecule has 4 heteroatoms. The first-order chi connectivity index (χ1) is 8.83. The van der Waals surface area contributed by atoms with Crippen LogP contribution >= 0.6 is 0 Å². The van der Waals surface area contributed by atoms with Crippen molar-refractivity contribution < 1.29 is 9.90 Å². The summed E-state index contributed by atoms with van der Waals surface area (Å²) in [5.74, 6) is -0.00159. The van der Waals surface area contributed by atoms with Gasteiger partial charge in [0, 0.05) is 6.42 Å². The standard InChI is InChI=1S/C15H20N2O2/c1-9(2)15(4,14(18)19)8-13-16-11-6-5-10(3)7-12(11)17-13/h5-7,9H,8H2,1-4H3,(H,16,17)(H,18,19). The summed E-state index contributed by atoms with van der Waals surface area (Å²) in [7, 11) is 0. The van der Waals surface area contributed by atoms with Gasteiger partial charge >= 0.3 is 5.97 Å². The maximum atomic E-state index is 11.5. The van der Waals surface area contributed by atoms with Crippen LogP contribution in [-0.4, -0.2) is 21.0 Å². The Labute approximate surface area is 112 Å². The van der Waals surface area contributed by atoms with E-state index in [-0.39, 0.29) is 5.92 Å². The van der Waals surface area contributed by atoms with Crippen LogP contribution in [0.2, 0.25) is 0 Å². The zero-order valence-corrected chi connectivity index (χ0v) is 11.8. The van der Waals surface area contributed by atoms with Crippen molar-refractivity contribution in [2.75, 3.05) is 0 Å². The number of fused-ring (bicyclic) bond motifs is 1. The molecule has 0 spiro atoms. The lowest BCUT2D eigenvalue weighted by Crippen LogP contribution is -2.35. The second-order valence-corrected chi connectivity index (χ2v) is 5.76. The largest absolute Gasteiger partial charge is 0.481 e. The van der Waals surface area contributed by atoms with Gasteiger partial charge in [-0.25, -0.2) is 4.98 Å². The molecule has 0 saturated carbocycles. The van der Waals surface area contributed by atoms with Crippen molar-refractivity contribution in [2.45, 2.75) is 34.1 Å². The molecule has 0 radical (unpaired) electrons. The number of aryl methyl sites for hydroxylation is 1. The molecule has 0 aliphatic carbocycles. The second kappa shape index (κ2) is 4.68. The molecule has 0 saturated heterocycles. The number of aromatic nitrogens is 2. The van der Waals surface area contributed by atoms with E-state index in [1.807, 2.05) is 39.0 Å². The van der Waals surface area contributed by atoms with Gasteiger partial charge in [-0.2, -0.15) is 0 Å². The summed E-state index contributed by atoms with van der Waals surface area (Å²) in [6, 6.07) is 5.99. The van der Waals surface area contributed by atoms with E-state index >= 15 is 0 Å². The molecule has 0 amide bonds. The molecular formula is C15H20N2O2. The SMILES string of the molecule is Cc1ccc2nc(CC(C)(C(=O)O)C(C)C)[nH]c2c1. The highest BCUT2D eigenvalue weighted by atomic mass is 16.4. The molecule has 19 heavy (non-hydrogen) atoms. The van der Waals surface area contributed by atoms with E-state index in [1.165, 1.54) is 0 Å². The fourth-order valence-electron chi connectivity index (χ4n) is 2.13. The summed E-state index contributed by atoms with van der Waals surface area (Å²) < 4.78 is 0. The predicted molar refractivity (Wildman–Crippen MR) is 75.1 cm³/mol. The lowest BCUT2D eigenvalue weighted by Gasteiger charge is -2.27. The number of nitrogens with zero attached hydrogens (tertiary/aromatic N) is 1. The van der Waals surface area contributed by atoms with Gasteiger partial charge in [0.1, 0.15) is 5.82 Å². The average molecular weight is 260 g/mol. The summed E-state index contributed by atoms with van der Waals surface area (Å²) in [6.07, 6.45) is 0.410. The van der Waals surface area contributed by atoms with E-state index in [2.05, 4.69) is 9.97 Å². The summed E-state index contributed by atoms with van der Waals surface area (Å²) in [6.45, 7) is 7.66. The third kappa shape index (κ3) is 2.48. The van der Waals surface area contributed by atoms with Gasteiger partial charge in [0.25, 0.3) is 0 Å². The molecule has 4 nitrogen and oxygen atoms in total. The second-order valence-electron chi connectivity index (χ2n) is 5.76. The molecule has 1 heterocycles. The molecule has 1 atom stereocenters. The topological polar surface area (TPSA) is 66.0 Å². The minimum Gasteiger partial charge on any atom is -0.481 e. The lowest BCUT2D eigenvalue weighted by molar-refractivity contribution is -0.150. The van der Waals surface area contributed by atoms with Crippen LogP contribution in [0.15, 0.2) is 18.2 Å². The van der Waals surface area contributed by atoms with Gasteiger partial charge in [-0.1, -0.05) is 19.9 Å². The van der Waals surface area contributed by atoms with Crippen molar-refractivity contribution in [2.24, 2.45) is 11.3 Å². The van der Waals surface area contributed by atoms with Crippen molar-refractivity contribution in [3.05, 3.63) is 29.6 Å². The third-order valence-electron chi connectivity index (χ3n) is 3.98. The van der Waals surface area contributed by atoms with E-state index in [1.54, 1.807) is 6.92 Å². The number of carbonyl (C=O) groups is 1. The smallest absolute Gasteiger partial charge is 0.310 e. The predicted octanol–water partition coefficient (Wildman–Crippen LogP) is 3.16. The van der Waals surface area contributed by atoms with Gasteiger partial charge in [0.2, 0.25) is 0 Å². The molecule has 0 aliphatic rings. The Bertz CT molecular complexity index is 616. The summed E-state index contributed by atoms with van der Waals surface area (Å²) in [4.78, 5) is 19.2. The quantitative estimate of drug-likeness (QED) is 0.887. The Morgan fingerprint density at radius 3 is 2.74 bits per heavy atom. The third-order valence-corrected chi connectivity index (χ3v) is 3.98. The van der Waals surface area contributed by atoms with Gasteiger partial charge in [-0.3, -0.25) is 4.79 Å². The number of benzene rings is 1. The Balaban J connectivity index is 2.37. The molecule has 0 fully saturated rings. The first-order valence-corrected chi connectivity index (χ1v) is 6.51. The number of aromatic amines is 1. The Morgan fingerprint density at radius 1 is 1.47 bits per heavy atom. The minimum atomic E-state index is -0.803. The normalized spacial score (nSPS) is 14.8. The number of hydrogen-bond donors (Lipinski definition) is 2. The summed E-state index contributed by atoms with van der Waals surface area (Å²) in [5.41, 5.74) is 2.21. The van der Waals surface area contributed by atoms with Crippen molar-refractivity contribution in [1.82, 2.24) is 9.97 Å². The van der Waals surface area contributed by atoms with Gasteiger partial charge in [0.15, 0.2) is 0 Å². The fourth-order valence-corrected chi connectivity index (χ4v) is 2.13. The molecule has 2 N–H and O–H groups in total. The highest BCUT2D eigenvalue weighted by Crippen LogP contribution is 2.31. The number of H-pyrrole nitrogens is 1. The summed E-state index contributed by atoms with van der Waals surface area (Å²) >= 11 is 0. The first kappa shape index (κ1) is 13.6. The maximum absolute atomic E-state index is 11.5. The van der Waals surface area contributed by atoms with Crippen LogP contribution < -0.4 is 0 Å². The van der Waals surface area contributed by atoms with Crippen LogP contribution in [0.3, 0.4) is 0 Å². The molecule has 2 rings (SSSR count). The first-order valence-electron chi connectivity index (χ1n) is 6.51. The zero-order valence-electron chi connectivity index (χ0n) is 11.8. The molecular weight excluding hydrogens is 240 g/mol. The van der Waals surface area contributed by atoms with Gasteiger partial charge in [-0.05, 0) is 37.5 Å². The van der Waals surface area contributed by atoms with Gasteiger partial charge in [0.05, 0.1) is 16.4 Å². The molecule has 1 aromatic heterocycles. The molecule has 1 unspecified atom stereocenters. The molecule has 1 aromatic carbocycles. The van der Waals surface area contributed by atoms with Crippen LogP contribution in [0.5, 0.6) is 0 Å². The van der Waals surface area contributed by atoms with Crippen molar-refractivity contribution in [1.29, 1.82) is 0 Å². The number of aliphatic carboxylic acids is 1. The fraction of sp³-hybridized carbons (Fsp3) is 0.467. The highest BCUT2D eigenvalue weighted by Gasteiger charge is 2.37. The average Bonchev–Trinajstić information content (AvgIpc) is 2.69. The summed E-state index contributed by atoms with van der Waals surface area (Å²) in [5, 5.41) is 9.44. The van der Waals surface area contributed by atoms with E-state index in [9.17, 15) is 9.90 Å². The van der Waals surface area contributed by atoms with Gasteiger partial charge in [-0.15, -0.1) is 0 Å². The Kier molecular flexibility index (Phi) is 3.35. The van der Waals surface area contributed by atoms with Crippen LogP contribution in [0.25, 0.3) is 11.0 Å². The monoisotopic (exact) mass is 260 g/mol. The lowest BCUT2D eigenvalue weighted by atomic mass is 9.76. The number of imidazole rings is 1. The van der Waals surface area contributed by atoms with Crippen molar-refractivity contribution >= 4 is 17.0 Å². The van der Waals surface area contributed by atoms with E-state index in [0.717, 1.165) is 22.4 Å². The minimum absolute atomic E-state index is 0.0416. The molecule has 2 aromatic rings. The maximum Gasteiger partial charge on any atom is 0.310 e. The Morgan fingerprint density at radius 2 is 2.16 bits per heavy atom. The van der Waals surface area contributed by atoms with Crippen molar-refractivity contribution in [3.8, 4) is 0 Å². The van der Waals surface area contributed by atoms with Crippen LogP contribution in [0, 0.1) is 18.3 Å². The number of rotatable bonds is 4. The zero-order chi connectivity index (χ0) is 14.2. The van der Waals surface area contributed by atoms with Crippen LogP contribution in [0.4, 0.5) is 0 Å². The van der Waals surface area contributed by atoms with E-state index in [4.69, 9.17) is 0 Å².